The van der Waals surface area contributed by atoms with Crippen LogP contribution >= 0.6 is 24.0 Å². The van der Waals surface area contributed by atoms with Crippen molar-refractivity contribution in [2.75, 3.05) is 30.2 Å². The number of anilines is 1. The van der Waals surface area contributed by atoms with Gasteiger partial charge in [-0.3, -0.25) is 9.30 Å². The van der Waals surface area contributed by atoms with Gasteiger partial charge in [0.25, 0.3) is 0 Å². The summed E-state index contributed by atoms with van der Waals surface area (Å²) in [6, 6.07) is 7.98. The van der Waals surface area contributed by atoms with Crippen molar-refractivity contribution in [3.05, 3.63) is 29.8 Å². The Hall–Kier alpha value is -1.03. The highest BCUT2D eigenvalue weighted by Gasteiger charge is 2.28. The Morgan fingerprint density at radius 1 is 1.38 bits per heavy atom. The molecule has 1 heterocycles. The molecule has 2 rings (SSSR count). The van der Waals surface area contributed by atoms with Crippen molar-refractivity contribution in [3.8, 4) is 0 Å². The maximum absolute atomic E-state index is 12.6. The van der Waals surface area contributed by atoms with Gasteiger partial charge in [0, 0.05) is 26.2 Å². The van der Waals surface area contributed by atoms with E-state index in [9.17, 15) is 8.42 Å². The second kappa shape index (κ2) is 9.45. The molecule has 0 radical (unpaired) electrons. The summed E-state index contributed by atoms with van der Waals surface area (Å²) in [5.41, 5.74) is 1.91. The number of hydrogen-bond donors (Lipinski definition) is 2. The highest BCUT2D eigenvalue weighted by molar-refractivity contribution is 14.0. The first kappa shape index (κ1) is 21.0. The largest absolute Gasteiger partial charge is 0.355 e. The van der Waals surface area contributed by atoms with Gasteiger partial charge in [-0.25, -0.2) is 8.42 Å². The smallest absolute Gasteiger partial charge is 0.236 e. The molecule has 24 heavy (non-hydrogen) atoms. The summed E-state index contributed by atoms with van der Waals surface area (Å²) in [5.74, 6) is 0.680. The molecule has 6 nitrogen and oxygen atoms in total. The molecule has 0 fully saturated rings. The number of guanidine groups is 1. The molecule has 1 aliphatic heterocycles. The van der Waals surface area contributed by atoms with Gasteiger partial charge in [0.05, 0.1) is 11.4 Å². The molecule has 1 unspecified atom stereocenters. The molecule has 0 aromatic heterocycles. The van der Waals surface area contributed by atoms with E-state index in [1.165, 1.54) is 4.31 Å². The van der Waals surface area contributed by atoms with E-state index in [0.29, 0.717) is 25.1 Å². The molecule has 0 saturated heterocycles. The number of nitrogens with one attached hydrogen (secondary N) is 2. The maximum Gasteiger partial charge on any atom is 0.236 e. The van der Waals surface area contributed by atoms with E-state index in [0.717, 1.165) is 24.1 Å². The molecule has 0 saturated carbocycles. The number of rotatable bonds is 6. The Morgan fingerprint density at radius 2 is 2.08 bits per heavy atom. The molecule has 1 atom stereocenters. The minimum atomic E-state index is -3.32. The highest BCUT2D eigenvalue weighted by atomic mass is 127. The molecule has 1 aromatic rings. The zero-order valence-corrected chi connectivity index (χ0v) is 17.6. The predicted molar refractivity (Wildman–Crippen MR) is 111 cm³/mol. The van der Waals surface area contributed by atoms with Gasteiger partial charge in [-0.2, -0.15) is 0 Å². The Balaban J connectivity index is 0.00000288. The van der Waals surface area contributed by atoms with E-state index in [-0.39, 0.29) is 29.7 Å². The van der Waals surface area contributed by atoms with Crippen molar-refractivity contribution < 1.29 is 8.42 Å². The van der Waals surface area contributed by atoms with Crippen molar-refractivity contribution in [2.24, 2.45) is 4.99 Å². The number of hydrogen-bond acceptors (Lipinski definition) is 3. The first-order valence-corrected chi connectivity index (χ1v) is 9.64. The molecule has 2 N–H and O–H groups in total. The first-order chi connectivity index (χ1) is 11.0. The summed E-state index contributed by atoms with van der Waals surface area (Å²) < 4.78 is 26.7. The number of nitrogens with zero attached hydrogens (tertiary/aromatic N) is 2. The van der Waals surface area contributed by atoms with Crippen molar-refractivity contribution in [1.29, 1.82) is 0 Å². The van der Waals surface area contributed by atoms with Crippen molar-refractivity contribution >= 4 is 45.6 Å². The fraction of sp³-hybridized carbons (Fsp3) is 0.562. The van der Waals surface area contributed by atoms with Gasteiger partial charge >= 0.3 is 0 Å². The lowest BCUT2D eigenvalue weighted by molar-refractivity contribution is 0.589. The van der Waals surface area contributed by atoms with E-state index >= 15 is 0 Å². The van der Waals surface area contributed by atoms with Crippen LogP contribution in [0.4, 0.5) is 5.69 Å². The maximum atomic E-state index is 12.6. The number of fused-ring (bicyclic) bond motifs is 1. The molecule has 0 spiro atoms. The van der Waals surface area contributed by atoms with Crippen LogP contribution in [0, 0.1) is 0 Å². The number of sulfonamides is 1. The third-order valence-corrected chi connectivity index (χ3v) is 5.82. The second-order valence-corrected chi connectivity index (χ2v) is 7.73. The topological polar surface area (TPSA) is 73.8 Å². The van der Waals surface area contributed by atoms with E-state index < -0.39 is 10.0 Å². The van der Waals surface area contributed by atoms with Gasteiger partial charge < -0.3 is 10.6 Å². The van der Waals surface area contributed by atoms with E-state index in [1.807, 2.05) is 24.3 Å². The summed E-state index contributed by atoms with van der Waals surface area (Å²) in [4.78, 5) is 4.12. The quantitative estimate of drug-likeness (QED) is 0.382. The fourth-order valence-corrected chi connectivity index (χ4v) is 3.96. The van der Waals surface area contributed by atoms with Crippen LogP contribution in [0.1, 0.15) is 25.8 Å². The van der Waals surface area contributed by atoms with Gasteiger partial charge in [0.1, 0.15) is 0 Å². The van der Waals surface area contributed by atoms with Crippen LogP contribution in [0.2, 0.25) is 0 Å². The second-order valence-electron chi connectivity index (χ2n) is 5.72. The SMILES string of the molecule is CCC(C)NC(=NC)NCCS(=O)(=O)N1CCc2ccccc21.I. The standard InChI is InChI=1S/C16H26N4O2S.HI/c1-4-13(2)19-16(17-3)18-10-12-23(21,22)20-11-9-14-7-5-6-8-15(14)20;/h5-8,13H,4,9-12H2,1-3H3,(H2,17,18,19);1H. The van der Waals surface area contributed by atoms with Crippen molar-refractivity contribution in [1.82, 2.24) is 10.6 Å². The predicted octanol–water partition coefficient (Wildman–Crippen LogP) is 1.96. The van der Waals surface area contributed by atoms with Crippen LogP contribution in [-0.4, -0.2) is 46.3 Å². The summed E-state index contributed by atoms with van der Waals surface area (Å²) in [5, 5.41) is 6.29. The lowest BCUT2D eigenvalue weighted by atomic mass is 10.2. The van der Waals surface area contributed by atoms with Crippen LogP contribution in [0.25, 0.3) is 0 Å². The minimum Gasteiger partial charge on any atom is -0.355 e. The lowest BCUT2D eigenvalue weighted by Crippen LogP contribution is -2.44. The summed E-state index contributed by atoms with van der Waals surface area (Å²) >= 11 is 0. The summed E-state index contributed by atoms with van der Waals surface area (Å²) in [7, 11) is -1.64. The normalized spacial score (nSPS) is 15.5. The van der Waals surface area contributed by atoms with Crippen LogP contribution in [0.5, 0.6) is 0 Å². The Morgan fingerprint density at radius 3 is 2.75 bits per heavy atom. The van der Waals surface area contributed by atoms with E-state index in [1.54, 1.807) is 7.05 Å². The molecular formula is C16H27IN4O2S. The minimum absolute atomic E-state index is 0. The first-order valence-electron chi connectivity index (χ1n) is 8.03. The van der Waals surface area contributed by atoms with Crippen LogP contribution < -0.4 is 14.9 Å². The average molecular weight is 466 g/mol. The molecule has 0 bridgehead atoms. The number of halogens is 1. The van der Waals surface area contributed by atoms with Crippen LogP contribution in [0.3, 0.4) is 0 Å². The van der Waals surface area contributed by atoms with Crippen molar-refractivity contribution in [2.45, 2.75) is 32.7 Å². The Kier molecular flexibility index (Phi) is 8.28. The number of para-hydroxylation sites is 1. The lowest BCUT2D eigenvalue weighted by Gasteiger charge is -2.21. The van der Waals surface area contributed by atoms with E-state index in [2.05, 4.69) is 29.5 Å². The number of benzene rings is 1. The van der Waals surface area contributed by atoms with Gasteiger partial charge in [0.15, 0.2) is 5.96 Å². The van der Waals surface area contributed by atoms with Gasteiger partial charge in [0.2, 0.25) is 10.0 Å². The fourth-order valence-electron chi connectivity index (χ4n) is 2.54. The van der Waals surface area contributed by atoms with Gasteiger partial charge in [-0.15, -0.1) is 24.0 Å². The highest BCUT2D eigenvalue weighted by Crippen LogP contribution is 2.29. The molecule has 0 amide bonds. The van der Waals surface area contributed by atoms with Gasteiger partial charge in [-0.05, 0) is 31.4 Å². The molecule has 1 aromatic carbocycles. The average Bonchev–Trinajstić information content (AvgIpc) is 2.98. The Bertz CT molecular complexity index is 664. The zero-order valence-electron chi connectivity index (χ0n) is 14.4. The van der Waals surface area contributed by atoms with Crippen molar-refractivity contribution in [3.63, 3.8) is 0 Å². The molecular weight excluding hydrogens is 439 g/mol. The third kappa shape index (κ3) is 5.23. The monoisotopic (exact) mass is 466 g/mol. The Labute approximate surface area is 162 Å². The van der Waals surface area contributed by atoms with Crippen LogP contribution in [0.15, 0.2) is 29.3 Å². The van der Waals surface area contributed by atoms with Gasteiger partial charge in [-0.1, -0.05) is 25.1 Å². The zero-order chi connectivity index (χ0) is 16.9. The van der Waals surface area contributed by atoms with Crippen LogP contribution in [-0.2, 0) is 16.4 Å². The molecule has 136 valence electrons. The van der Waals surface area contributed by atoms with E-state index in [4.69, 9.17) is 0 Å². The number of aliphatic imine (C=N–C) groups is 1. The summed E-state index contributed by atoms with van der Waals surface area (Å²) in [6.07, 6.45) is 1.75. The molecule has 0 aliphatic carbocycles. The summed E-state index contributed by atoms with van der Waals surface area (Å²) in [6.45, 7) is 5.00. The third-order valence-electron chi connectivity index (χ3n) is 4.05. The molecule has 1 aliphatic rings. The molecule has 8 heteroatoms.